The topological polar surface area (TPSA) is 53.0 Å². The van der Waals surface area contributed by atoms with Crippen molar-refractivity contribution in [2.45, 2.75) is 32.9 Å². The fourth-order valence-electron chi connectivity index (χ4n) is 0.837. The number of hydrogen-bond acceptors (Lipinski definition) is 3. The lowest BCUT2D eigenvalue weighted by Crippen LogP contribution is -2.39. The number of nitrogens with zero attached hydrogens (tertiary/aromatic N) is 2. The molecule has 0 amide bonds. The van der Waals surface area contributed by atoms with Gasteiger partial charge in [-0.25, -0.2) is 0 Å². The molecule has 0 rings (SSSR count). The second-order valence-corrected chi connectivity index (χ2v) is 2.69. The first-order chi connectivity index (χ1) is 4.63. The first-order valence-corrected chi connectivity index (χ1v) is 3.51. The molecular formula is C7H15N3. The smallest absolute Gasteiger partial charge is 0.179 e. The molecule has 1 atom stereocenters. The van der Waals surface area contributed by atoms with Crippen molar-refractivity contribution >= 4 is 0 Å². The van der Waals surface area contributed by atoms with Gasteiger partial charge >= 0.3 is 0 Å². The Balaban J connectivity index is 3.96. The zero-order valence-corrected chi connectivity index (χ0v) is 6.83. The van der Waals surface area contributed by atoms with Crippen molar-refractivity contribution in [2.75, 3.05) is 6.54 Å². The predicted molar refractivity (Wildman–Crippen MR) is 41.1 cm³/mol. The van der Waals surface area contributed by atoms with Crippen LogP contribution in [0.25, 0.3) is 0 Å². The molecule has 0 fully saturated rings. The lowest BCUT2D eigenvalue weighted by Gasteiger charge is -2.25. The van der Waals surface area contributed by atoms with E-state index >= 15 is 0 Å². The maximum absolute atomic E-state index is 8.62. The van der Waals surface area contributed by atoms with Crippen LogP contribution in [0.1, 0.15) is 20.8 Å². The summed E-state index contributed by atoms with van der Waals surface area (Å²) in [4.78, 5) is 1.69. The van der Waals surface area contributed by atoms with Crippen LogP contribution in [0.5, 0.6) is 0 Å². The second-order valence-electron chi connectivity index (χ2n) is 2.69. The fraction of sp³-hybridized carbons (Fsp3) is 0.857. The molecule has 3 nitrogen and oxygen atoms in total. The molecule has 0 radical (unpaired) electrons. The van der Waals surface area contributed by atoms with E-state index in [0.29, 0.717) is 6.54 Å². The lowest BCUT2D eigenvalue weighted by molar-refractivity contribution is 0.259. The first-order valence-electron chi connectivity index (χ1n) is 3.51. The van der Waals surface area contributed by atoms with E-state index in [1.54, 1.807) is 4.90 Å². The fourth-order valence-corrected chi connectivity index (χ4v) is 0.837. The summed E-state index contributed by atoms with van der Waals surface area (Å²) in [6, 6.07) is 0.411. The van der Waals surface area contributed by atoms with Gasteiger partial charge in [-0.1, -0.05) is 0 Å². The van der Waals surface area contributed by atoms with E-state index in [1.165, 1.54) is 0 Å². The third kappa shape index (κ3) is 2.24. The highest BCUT2D eigenvalue weighted by Gasteiger charge is 2.12. The van der Waals surface area contributed by atoms with Crippen LogP contribution in [0.15, 0.2) is 0 Å². The van der Waals surface area contributed by atoms with Crippen molar-refractivity contribution < 1.29 is 0 Å². The monoisotopic (exact) mass is 141 g/mol. The van der Waals surface area contributed by atoms with Gasteiger partial charge in [0.05, 0.1) is 0 Å². The molecule has 10 heavy (non-hydrogen) atoms. The third-order valence-electron chi connectivity index (χ3n) is 1.49. The largest absolute Gasteiger partial charge is 0.328 e. The van der Waals surface area contributed by atoms with Crippen LogP contribution in [-0.4, -0.2) is 23.5 Å². The van der Waals surface area contributed by atoms with Crippen LogP contribution >= 0.6 is 0 Å². The molecule has 0 saturated carbocycles. The Morgan fingerprint density at radius 2 is 2.00 bits per heavy atom. The van der Waals surface area contributed by atoms with Gasteiger partial charge in [0.1, 0.15) is 0 Å². The molecular weight excluding hydrogens is 126 g/mol. The minimum Gasteiger partial charge on any atom is -0.328 e. The van der Waals surface area contributed by atoms with Gasteiger partial charge in [-0.2, -0.15) is 5.26 Å². The molecule has 0 aliphatic heterocycles. The van der Waals surface area contributed by atoms with E-state index in [4.69, 9.17) is 11.0 Å². The molecule has 0 aromatic carbocycles. The van der Waals surface area contributed by atoms with Crippen LogP contribution in [0, 0.1) is 11.5 Å². The molecule has 0 heterocycles. The summed E-state index contributed by atoms with van der Waals surface area (Å²) in [5, 5.41) is 8.62. The van der Waals surface area contributed by atoms with Gasteiger partial charge in [-0.05, 0) is 20.8 Å². The van der Waals surface area contributed by atoms with Crippen molar-refractivity contribution in [3.8, 4) is 6.19 Å². The van der Waals surface area contributed by atoms with Gasteiger partial charge in [0.15, 0.2) is 6.19 Å². The highest BCUT2D eigenvalue weighted by Crippen LogP contribution is 2.00. The van der Waals surface area contributed by atoms with Crippen LogP contribution < -0.4 is 5.73 Å². The molecule has 3 heteroatoms. The maximum Gasteiger partial charge on any atom is 0.179 e. The maximum atomic E-state index is 8.62. The molecule has 0 spiro atoms. The zero-order valence-electron chi connectivity index (χ0n) is 6.83. The predicted octanol–water partition coefficient (Wildman–Crippen LogP) is 0.525. The van der Waals surface area contributed by atoms with E-state index in [9.17, 15) is 0 Å². The zero-order chi connectivity index (χ0) is 8.15. The highest BCUT2D eigenvalue weighted by atomic mass is 15.2. The Hall–Kier alpha value is -0.750. The van der Waals surface area contributed by atoms with Gasteiger partial charge in [0.2, 0.25) is 0 Å². The SMILES string of the molecule is CC(C)N(C#N)C(C)CN. The molecule has 0 aromatic rings. The quantitative estimate of drug-likeness (QED) is 0.460. The van der Waals surface area contributed by atoms with Crippen LogP contribution in [0.2, 0.25) is 0 Å². The number of nitriles is 1. The molecule has 0 aliphatic carbocycles. The average molecular weight is 141 g/mol. The minimum atomic E-state index is 0.157. The van der Waals surface area contributed by atoms with Crippen molar-refractivity contribution in [3.05, 3.63) is 0 Å². The third-order valence-corrected chi connectivity index (χ3v) is 1.49. The second kappa shape index (κ2) is 4.13. The Labute approximate surface area is 62.4 Å². The van der Waals surface area contributed by atoms with E-state index < -0.39 is 0 Å². The molecule has 2 N–H and O–H groups in total. The number of hydrogen-bond donors (Lipinski definition) is 1. The Kier molecular flexibility index (Phi) is 3.82. The summed E-state index contributed by atoms with van der Waals surface area (Å²) in [6.07, 6.45) is 2.11. The summed E-state index contributed by atoms with van der Waals surface area (Å²) in [5.41, 5.74) is 5.39. The van der Waals surface area contributed by atoms with E-state index in [-0.39, 0.29) is 12.1 Å². The van der Waals surface area contributed by atoms with Crippen molar-refractivity contribution in [1.29, 1.82) is 5.26 Å². The lowest BCUT2D eigenvalue weighted by atomic mass is 10.2. The summed E-state index contributed by atoms with van der Waals surface area (Å²) >= 11 is 0. The minimum absolute atomic E-state index is 0.157. The number of rotatable bonds is 3. The van der Waals surface area contributed by atoms with Gasteiger partial charge in [-0.3, -0.25) is 0 Å². The molecule has 58 valence electrons. The van der Waals surface area contributed by atoms with E-state index in [1.807, 2.05) is 20.8 Å². The summed E-state index contributed by atoms with van der Waals surface area (Å²) in [7, 11) is 0. The molecule has 0 saturated heterocycles. The van der Waals surface area contributed by atoms with Crippen LogP contribution in [0.4, 0.5) is 0 Å². The Morgan fingerprint density at radius 1 is 1.50 bits per heavy atom. The van der Waals surface area contributed by atoms with Crippen LogP contribution in [-0.2, 0) is 0 Å². The number of nitrogens with two attached hydrogens (primary N) is 1. The van der Waals surface area contributed by atoms with Gasteiger partial charge < -0.3 is 10.6 Å². The average Bonchev–Trinajstić information content (AvgIpc) is 1.88. The summed E-state index contributed by atoms with van der Waals surface area (Å²) in [5.74, 6) is 0. The normalized spacial score (nSPS) is 12.8. The van der Waals surface area contributed by atoms with E-state index in [0.717, 1.165) is 0 Å². The molecule has 0 bridgehead atoms. The van der Waals surface area contributed by atoms with Crippen molar-refractivity contribution in [2.24, 2.45) is 5.73 Å². The first kappa shape index (κ1) is 9.25. The molecule has 1 unspecified atom stereocenters. The van der Waals surface area contributed by atoms with Gasteiger partial charge in [0.25, 0.3) is 0 Å². The molecule has 0 aliphatic rings. The van der Waals surface area contributed by atoms with Gasteiger partial charge in [0, 0.05) is 18.6 Å². The Morgan fingerprint density at radius 3 is 2.10 bits per heavy atom. The van der Waals surface area contributed by atoms with E-state index in [2.05, 4.69) is 6.19 Å². The standard InChI is InChI=1S/C7H15N3/c1-6(2)10(5-9)7(3)4-8/h6-7H,4,8H2,1-3H3. The van der Waals surface area contributed by atoms with Gasteiger partial charge in [-0.15, -0.1) is 0 Å². The van der Waals surface area contributed by atoms with Crippen molar-refractivity contribution in [1.82, 2.24) is 4.90 Å². The summed E-state index contributed by atoms with van der Waals surface area (Å²) in [6.45, 7) is 6.44. The molecule has 0 aromatic heterocycles. The van der Waals surface area contributed by atoms with Crippen molar-refractivity contribution in [3.63, 3.8) is 0 Å². The highest BCUT2D eigenvalue weighted by molar-refractivity contribution is 4.82. The van der Waals surface area contributed by atoms with Crippen LogP contribution in [0.3, 0.4) is 0 Å². The Bertz CT molecular complexity index is 125. The summed E-state index contributed by atoms with van der Waals surface area (Å²) < 4.78 is 0.